The second-order valence-corrected chi connectivity index (χ2v) is 9.99. The van der Waals surface area contributed by atoms with Gasteiger partial charge in [-0.25, -0.2) is 4.79 Å². The van der Waals surface area contributed by atoms with Crippen LogP contribution in [0.15, 0.2) is 103 Å². The van der Waals surface area contributed by atoms with E-state index in [9.17, 15) is 15.0 Å². The van der Waals surface area contributed by atoms with E-state index < -0.39 is 0 Å². The number of fused-ring (bicyclic) bond motifs is 1. The molecule has 0 saturated heterocycles. The van der Waals surface area contributed by atoms with Gasteiger partial charge in [0.05, 0.1) is 0 Å². The number of aromatic hydroxyl groups is 2. The number of anilines is 1. The molecule has 3 N–H and O–H groups in total. The summed E-state index contributed by atoms with van der Waals surface area (Å²) in [6, 6.07) is 32.1. The fourth-order valence-electron chi connectivity index (χ4n) is 4.80. The zero-order valence-corrected chi connectivity index (χ0v) is 22.3. The Bertz CT molecular complexity index is 1620. The molecule has 6 heteroatoms. The Kier molecular flexibility index (Phi) is 7.71. The molecule has 5 nitrogen and oxygen atoms in total. The van der Waals surface area contributed by atoms with Gasteiger partial charge in [0.15, 0.2) is 0 Å². The monoisotopic (exact) mass is 536 g/mol. The Labute approximate surface area is 232 Å². The second-order valence-electron chi connectivity index (χ2n) is 9.56. The predicted molar refractivity (Wildman–Crippen MR) is 159 cm³/mol. The first kappa shape index (κ1) is 26.1. The Morgan fingerprint density at radius 1 is 0.821 bits per heavy atom. The summed E-state index contributed by atoms with van der Waals surface area (Å²) in [5.41, 5.74) is 6.29. The first-order chi connectivity index (χ1) is 18.9. The van der Waals surface area contributed by atoms with Crippen molar-refractivity contribution < 1.29 is 15.0 Å². The van der Waals surface area contributed by atoms with Crippen molar-refractivity contribution in [3.05, 3.63) is 125 Å². The SMILES string of the molecule is CN(C(=O)NCCc1cccc(Cc2c(-c3ccc(O)cc3)ccc3cc(O)ccc23)c1)c1ccc(Cl)cc1. The number of carbonyl (C=O) groups excluding carboxylic acids is 1. The summed E-state index contributed by atoms with van der Waals surface area (Å²) in [6.07, 6.45) is 1.39. The van der Waals surface area contributed by atoms with E-state index in [0.29, 0.717) is 24.4 Å². The Morgan fingerprint density at radius 2 is 1.54 bits per heavy atom. The number of benzene rings is 5. The molecule has 0 fully saturated rings. The van der Waals surface area contributed by atoms with Crippen molar-refractivity contribution in [1.29, 1.82) is 0 Å². The van der Waals surface area contributed by atoms with Crippen LogP contribution < -0.4 is 10.2 Å². The molecule has 196 valence electrons. The van der Waals surface area contributed by atoms with E-state index in [1.54, 1.807) is 48.3 Å². The molecule has 0 saturated carbocycles. The molecular formula is C33H29ClN2O3. The molecule has 5 aromatic rings. The number of urea groups is 1. The number of hydrogen-bond acceptors (Lipinski definition) is 3. The van der Waals surface area contributed by atoms with Crippen molar-refractivity contribution in [2.45, 2.75) is 12.8 Å². The molecule has 2 amide bonds. The molecule has 5 rings (SSSR count). The number of nitrogens with zero attached hydrogens (tertiary/aromatic N) is 1. The average molecular weight is 537 g/mol. The van der Waals surface area contributed by atoms with Gasteiger partial charge in [0.1, 0.15) is 11.5 Å². The largest absolute Gasteiger partial charge is 0.508 e. The van der Waals surface area contributed by atoms with Gasteiger partial charge in [-0.2, -0.15) is 0 Å². The molecule has 0 aliphatic heterocycles. The van der Waals surface area contributed by atoms with Crippen LogP contribution in [0.1, 0.15) is 16.7 Å². The van der Waals surface area contributed by atoms with Gasteiger partial charge in [-0.1, -0.05) is 66.2 Å². The van der Waals surface area contributed by atoms with Crippen LogP contribution in [0.2, 0.25) is 5.02 Å². The van der Waals surface area contributed by atoms with Crippen molar-refractivity contribution in [3.63, 3.8) is 0 Å². The number of carbonyl (C=O) groups is 1. The fraction of sp³-hybridized carbons (Fsp3) is 0.121. The quantitative estimate of drug-likeness (QED) is 0.201. The molecule has 0 aliphatic carbocycles. The van der Waals surface area contributed by atoms with Gasteiger partial charge in [0, 0.05) is 24.3 Å². The number of halogens is 1. The Morgan fingerprint density at radius 3 is 2.31 bits per heavy atom. The van der Waals surface area contributed by atoms with Crippen molar-refractivity contribution in [3.8, 4) is 22.6 Å². The predicted octanol–water partition coefficient (Wildman–Crippen LogP) is 7.55. The van der Waals surface area contributed by atoms with Gasteiger partial charge in [-0.3, -0.25) is 4.90 Å². The van der Waals surface area contributed by atoms with Crippen LogP contribution in [-0.4, -0.2) is 29.8 Å². The number of phenolic OH excluding ortho intramolecular Hbond substituents is 2. The molecule has 0 radical (unpaired) electrons. The summed E-state index contributed by atoms with van der Waals surface area (Å²) in [6.45, 7) is 0.506. The normalized spacial score (nSPS) is 10.9. The summed E-state index contributed by atoms with van der Waals surface area (Å²) in [5, 5.41) is 25.5. The van der Waals surface area contributed by atoms with Gasteiger partial charge in [-0.05, 0) is 100.0 Å². The fourth-order valence-corrected chi connectivity index (χ4v) is 4.92. The lowest BCUT2D eigenvalue weighted by atomic mass is 9.89. The lowest BCUT2D eigenvalue weighted by Gasteiger charge is -2.18. The highest BCUT2D eigenvalue weighted by atomic mass is 35.5. The summed E-state index contributed by atoms with van der Waals surface area (Å²) >= 11 is 5.95. The number of phenols is 2. The Hall–Kier alpha value is -4.48. The van der Waals surface area contributed by atoms with E-state index in [4.69, 9.17) is 11.6 Å². The van der Waals surface area contributed by atoms with Crippen LogP contribution in [-0.2, 0) is 12.8 Å². The molecule has 0 unspecified atom stereocenters. The van der Waals surface area contributed by atoms with E-state index in [0.717, 1.165) is 44.3 Å². The maximum atomic E-state index is 12.6. The molecule has 0 aliphatic rings. The summed E-state index contributed by atoms with van der Waals surface area (Å²) in [5.74, 6) is 0.460. The minimum atomic E-state index is -0.175. The summed E-state index contributed by atoms with van der Waals surface area (Å²) < 4.78 is 0. The van der Waals surface area contributed by atoms with Crippen LogP contribution in [0.25, 0.3) is 21.9 Å². The first-order valence-electron chi connectivity index (χ1n) is 12.8. The molecule has 39 heavy (non-hydrogen) atoms. The van der Waals surface area contributed by atoms with Gasteiger partial charge in [0.2, 0.25) is 0 Å². The first-order valence-corrected chi connectivity index (χ1v) is 13.1. The third-order valence-corrected chi connectivity index (χ3v) is 7.13. The number of nitrogens with one attached hydrogen (secondary N) is 1. The van der Waals surface area contributed by atoms with Crippen molar-refractivity contribution in [2.75, 3.05) is 18.5 Å². The van der Waals surface area contributed by atoms with Crippen LogP contribution in [0, 0.1) is 0 Å². The molecule has 0 atom stereocenters. The topological polar surface area (TPSA) is 72.8 Å². The maximum absolute atomic E-state index is 12.6. The van der Waals surface area contributed by atoms with Crippen molar-refractivity contribution in [2.24, 2.45) is 0 Å². The van der Waals surface area contributed by atoms with Gasteiger partial charge < -0.3 is 15.5 Å². The molecule has 5 aromatic carbocycles. The minimum absolute atomic E-state index is 0.175. The third kappa shape index (κ3) is 6.16. The highest BCUT2D eigenvalue weighted by Crippen LogP contribution is 2.34. The minimum Gasteiger partial charge on any atom is -0.508 e. The molecule has 0 heterocycles. The highest BCUT2D eigenvalue weighted by molar-refractivity contribution is 6.30. The second kappa shape index (κ2) is 11.5. The van der Waals surface area contributed by atoms with Gasteiger partial charge in [-0.15, -0.1) is 0 Å². The van der Waals surface area contributed by atoms with Crippen molar-refractivity contribution in [1.82, 2.24) is 5.32 Å². The molecule has 0 bridgehead atoms. The van der Waals surface area contributed by atoms with Crippen molar-refractivity contribution >= 4 is 34.1 Å². The molecule has 0 spiro atoms. The van der Waals surface area contributed by atoms with Crippen LogP contribution in [0.3, 0.4) is 0 Å². The van der Waals surface area contributed by atoms with Crippen LogP contribution in [0.5, 0.6) is 11.5 Å². The zero-order chi connectivity index (χ0) is 27.4. The number of amides is 2. The van der Waals surface area contributed by atoms with E-state index in [1.807, 2.05) is 42.5 Å². The van der Waals surface area contributed by atoms with E-state index in [2.05, 4.69) is 29.6 Å². The smallest absolute Gasteiger partial charge is 0.321 e. The van der Waals surface area contributed by atoms with Gasteiger partial charge in [0.25, 0.3) is 0 Å². The Balaban J connectivity index is 1.34. The number of hydrogen-bond donors (Lipinski definition) is 3. The zero-order valence-electron chi connectivity index (χ0n) is 21.6. The lowest BCUT2D eigenvalue weighted by molar-refractivity contribution is 0.247. The van der Waals surface area contributed by atoms with Crippen LogP contribution in [0.4, 0.5) is 10.5 Å². The summed E-state index contributed by atoms with van der Waals surface area (Å²) in [4.78, 5) is 14.2. The van der Waals surface area contributed by atoms with E-state index >= 15 is 0 Å². The van der Waals surface area contributed by atoms with Gasteiger partial charge >= 0.3 is 6.03 Å². The maximum Gasteiger partial charge on any atom is 0.321 e. The highest BCUT2D eigenvalue weighted by Gasteiger charge is 2.13. The lowest BCUT2D eigenvalue weighted by Crippen LogP contribution is -2.38. The summed E-state index contributed by atoms with van der Waals surface area (Å²) in [7, 11) is 1.73. The molecular weight excluding hydrogens is 508 g/mol. The van der Waals surface area contributed by atoms with E-state index in [1.165, 1.54) is 0 Å². The van der Waals surface area contributed by atoms with Crippen LogP contribution >= 0.6 is 11.6 Å². The molecule has 0 aromatic heterocycles. The number of rotatable bonds is 7. The third-order valence-electron chi connectivity index (χ3n) is 6.87. The standard InChI is InChI=1S/C33H29ClN2O3/c1-36(27-10-8-26(34)9-11-27)33(39)35-18-17-22-3-2-4-23(19-22)20-32-30(24-5-12-28(37)13-6-24)15-7-25-21-29(38)14-16-31(25)32/h2-16,19,21,37-38H,17-18,20H2,1H3,(H,35,39). The van der Waals surface area contributed by atoms with E-state index in [-0.39, 0.29) is 17.5 Å². The average Bonchev–Trinajstić information content (AvgIpc) is 2.94.